The topological polar surface area (TPSA) is 51.8 Å². The van der Waals surface area contributed by atoms with Crippen LogP contribution in [0.3, 0.4) is 0 Å². The monoisotopic (exact) mass is 747 g/mol. The van der Waals surface area contributed by atoms with Crippen LogP contribution in [0.1, 0.15) is 29.0 Å². The molecule has 0 saturated heterocycles. The molecule has 12 rings (SSSR count). The van der Waals surface area contributed by atoms with Crippen LogP contribution >= 0.6 is 11.3 Å². The van der Waals surface area contributed by atoms with Crippen molar-refractivity contribution >= 4 is 64.2 Å². The third-order valence-electron chi connectivity index (χ3n) is 11.8. The summed E-state index contributed by atoms with van der Waals surface area (Å²) < 4.78 is 9.37. The Bertz CT molecular complexity index is 3380. The van der Waals surface area contributed by atoms with Crippen molar-refractivity contribution in [3.05, 3.63) is 187 Å². The maximum Gasteiger partial charge on any atom is 0.167 e. The normalized spacial score (nSPS) is 14.0. The molecule has 1 aliphatic carbocycles. The molecule has 0 saturated carbocycles. The second-order valence-corrected chi connectivity index (χ2v) is 16.1. The van der Waals surface area contributed by atoms with E-state index in [9.17, 15) is 0 Å². The van der Waals surface area contributed by atoms with Crippen molar-refractivity contribution in [2.75, 3.05) is 0 Å². The van der Waals surface area contributed by atoms with E-state index in [1.54, 1.807) is 11.3 Å². The van der Waals surface area contributed by atoms with Gasteiger partial charge in [-0.2, -0.15) is 0 Å². The standard InChI is InChI=1S/C52H33N3OS/c1-2-12-31(13-3-1)50-53-51(35-23-25-40-39-18-9-11-21-46(39)57-47(40)30-35)55-52(54-50)43-27-26-41(48-42-19-8-10-20-45(42)56-49(43)48)38-24-22-34-28-32-14-4-5-15-33(32)29-44(34)37-17-7-6-16-36(37)38/h1-21,23,25-30,38H,22,24H2. The maximum atomic E-state index is 6.89. The number of hydrogen-bond donors (Lipinski definition) is 0. The molecule has 0 amide bonds. The Kier molecular flexibility index (Phi) is 7.26. The smallest absolute Gasteiger partial charge is 0.167 e. The minimum atomic E-state index is 0.149. The molecule has 0 spiro atoms. The van der Waals surface area contributed by atoms with Gasteiger partial charge in [-0.3, -0.25) is 0 Å². The van der Waals surface area contributed by atoms with Gasteiger partial charge in [-0.05, 0) is 81.8 Å². The van der Waals surface area contributed by atoms with Crippen molar-refractivity contribution in [1.29, 1.82) is 0 Å². The molecule has 4 nitrogen and oxygen atoms in total. The molecule has 1 aliphatic rings. The van der Waals surface area contributed by atoms with Crippen molar-refractivity contribution in [3.8, 4) is 45.3 Å². The van der Waals surface area contributed by atoms with Crippen molar-refractivity contribution in [3.63, 3.8) is 0 Å². The Morgan fingerprint density at radius 3 is 2.07 bits per heavy atom. The van der Waals surface area contributed by atoms with Gasteiger partial charge in [0.1, 0.15) is 11.2 Å². The Morgan fingerprint density at radius 1 is 0.474 bits per heavy atom. The number of para-hydroxylation sites is 1. The number of aryl methyl sites for hydroxylation is 1. The van der Waals surface area contributed by atoms with Gasteiger partial charge in [0.2, 0.25) is 0 Å². The first-order valence-electron chi connectivity index (χ1n) is 19.5. The van der Waals surface area contributed by atoms with E-state index in [2.05, 4.69) is 146 Å². The highest BCUT2D eigenvalue weighted by Gasteiger charge is 2.28. The number of aromatic nitrogens is 3. The zero-order valence-corrected chi connectivity index (χ0v) is 31.6. The van der Waals surface area contributed by atoms with Crippen LogP contribution in [0.15, 0.2) is 174 Å². The molecular formula is C52H33N3OS. The van der Waals surface area contributed by atoms with E-state index in [1.807, 2.05) is 24.3 Å². The molecule has 5 heteroatoms. The van der Waals surface area contributed by atoms with Gasteiger partial charge >= 0.3 is 0 Å². The minimum absolute atomic E-state index is 0.149. The number of hydrogen-bond acceptors (Lipinski definition) is 5. The van der Waals surface area contributed by atoms with Crippen LogP contribution in [-0.2, 0) is 6.42 Å². The van der Waals surface area contributed by atoms with Crippen molar-refractivity contribution in [2.45, 2.75) is 18.8 Å². The second kappa shape index (κ2) is 12.8. The molecule has 0 aliphatic heterocycles. The first-order chi connectivity index (χ1) is 28.2. The van der Waals surface area contributed by atoms with Gasteiger partial charge in [-0.25, -0.2) is 15.0 Å². The molecule has 3 heterocycles. The number of thiophene rings is 1. The summed E-state index contributed by atoms with van der Waals surface area (Å²) in [5, 5.41) is 7.29. The van der Waals surface area contributed by atoms with Gasteiger partial charge in [-0.15, -0.1) is 11.3 Å². The Morgan fingerprint density at radius 2 is 1.18 bits per heavy atom. The predicted molar refractivity (Wildman–Crippen MR) is 236 cm³/mol. The molecule has 8 aromatic carbocycles. The molecular weight excluding hydrogens is 715 g/mol. The van der Waals surface area contributed by atoms with E-state index in [0.29, 0.717) is 17.5 Å². The van der Waals surface area contributed by atoms with Crippen LogP contribution in [-0.4, -0.2) is 15.0 Å². The summed E-state index contributed by atoms with van der Waals surface area (Å²) in [5.41, 5.74) is 11.0. The summed E-state index contributed by atoms with van der Waals surface area (Å²) in [6.07, 6.45) is 1.95. The first-order valence-corrected chi connectivity index (χ1v) is 20.3. The molecule has 1 atom stereocenters. The minimum Gasteiger partial charge on any atom is -0.455 e. The highest BCUT2D eigenvalue weighted by Crippen LogP contribution is 2.47. The highest BCUT2D eigenvalue weighted by atomic mass is 32.1. The van der Waals surface area contributed by atoms with Crippen LogP contribution < -0.4 is 0 Å². The zero-order valence-electron chi connectivity index (χ0n) is 30.8. The lowest BCUT2D eigenvalue weighted by molar-refractivity contribution is 0.668. The Balaban J connectivity index is 1.06. The summed E-state index contributed by atoms with van der Waals surface area (Å²) in [6.45, 7) is 0. The largest absolute Gasteiger partial charge is 0.455 e. The summed E-state index contributed by atoms with van der Waals surface area (Å²) in [4.78, 5) is 15.5. The van der Waals surface area contributed by atoms with Crippen molar-refractivity contribution < 1.29 is 4.42 Å². The molecule has 0 fully saturated rings. The number of nitrogens with zero attached hydrogens (tertiary/aromatic N) is 3. The molecule has 0 N–H and O–H groups in total. The average Bonchev–Trinajstić information content (AvgIpc) is 3.80. The van der Waals surface area contributed by atoms with Gasteiger partial charge < -0.3 is 4.42 Å². The van der Waals surface area contributed by atoms with Gasteiger partial charge in [-0.1, -0.05) is 140 Å². The highest BCUT2D eigenvalue weighted by molar-refractivity contribution is 7.25. The number of benzene rings is 8. The summed E-state index contributed by atoms with van der Waals surface area (Å²) >= 11 is 1.80. The number of rotatable bonds is 4. The van der Waals surface area contributed by atoms with Gasteiger partial charge in [0, 0.05) is 48.0 Å². The fraction of sp³-hybridized carbons (Fsp3) is 0.0577. The third-order valence-corrected chi connectivity index (χ3v) is 12.9. The molecule has 57 heavy (non-hydrogen) atoms. The van der Waals surface area contributed by atoms with E-state index < -0.39 is 0 Å². The molecule has 11 aromatic rings. The molecule has 0 bridgehead atoms. The van der Waals surface area contributed by atoms with Gasteiger partial charge in [0.05, 0.1) is 5.56 Å². The lowest BCUT2D eigenvalue weighted by Crippen LogP contribution is -2.04. The quantitative estimate of drug-likeness (QED) is 0.180. The van der Waals surface area contributed by atoms with E-state index >= 15 is 0 Å². The van der Waals surface area contributed by atoms with E-state index in [4.69, 9.17) is 19.4 Å². The average molecular weight is 748 g/mol. The summed E-state index contributed by atoms with van der Waals surface area (Å²) in [7, 11) is 0. The third kappa shape index (κ3) is 5.23. The lowest BCUT2D eigenvalue weighted by Gasteiger charge is -2.20. The molecule has 268 valence electrons. The first kappa shape index (κ1) is 32.3. The zero-order chi connectivity index (χ0) is 37.5. The molecule has 0 radical (unpaired) electrons. The Hall–Kier alpha value is -6.95. The van der Waals surface area contributed by atoms with E-state index in [0.717, 1.165) is 51.5 Å². The van der Waals surface area contributed by atoms with Crippen LogP contribution in [0, 0.1) is 0 Å². The van der Waals surface area contributed by atoms with Crippen molar-refractivity contribution in [1.82, 2.24) is 15.0 Å². The Labute approximate surface area is 332 Å². The van der Waals surface area contributed by atoms with Gasteiger partial charge in [0.25, 0.3) is 0 Å². The van der Waals surface area contributed by atoms with Gasteiger partial charge in [0.15, 0.2) is 17.5 Å². The van der Waals surface area contributed by atoms with E-state index in [-0.39, 0.29) is 5.92 Å². The fourth-order valence-corrected chi connectivity index (χ4v) is 10.2. The lowest BCUT2D eigenvalue weighted by atomic mass is 9.83. The van der Waals surface area contributed by atoms with Crippen LogP contribution in [0.4, 0.5) is 0 Å². The van der Waals surface area contributed by atoms with Crippen LogP contribution in [0.5, 0.6) is 0 Å². The second-order valence-electron chi connectivity index (χ2n) is 15.0. The van der Waals surface area contributed by atoms with Crippen LogP contribution in [0.2, 0.25) is 0 Å². The number of fused-ring (bicyclic) bond motifs is 10. The van der Waals surface area contributed by atoms with Crippen LogP contribution in [0.25, 0.3) is 98.2 Å². The molecule has 3 aromatic heterocycles. The summed E-state index contributed by atoms with van der Waals surface area (Å²) in [6, 6.07) is 60.7. The number of furan rings is 1. The predicted octanol–water partition coefficient (Wildman–Crippen LogP) is 14.0. The summed E-state index contributed by atoms with van der Waals surface area (Å²) in [5.74, 6) is 2.00. The SMILES string of the molecule is c1ccc(-c2nc(-c3ccc4c(c3)sc3ccccc34)nc(-c3ccc(C4CCc5cc6ccccc6cc5-c5ccccc54)c4c3oc3ccccc34)n2)cc1. The molecule has 1 unspecified atom stereocenters. The van der Waals surface area contributed by atoms with Crippen molar-refractivity contribution in [2.24, 2.45) is 0 Å². The van der Waals surface area contributed by atoms with E-state index in [1.165, 1.54) is 58.8 Å². The maximum absolute atomic E-state index is 6.89. The fourth-order valence-electron chi connectivity index (χ4n) is 9.10.